The molecule has 0 saturated heterocycles. The van der Waals surface area contributed by atoms with Gasteiger partial charge in [0.05, 0.1) is 24.9 Å². The van der Waals surface area contributed by atoms with Crippen LogP contribution in [0.2, 0.25) is 0 Å². The highest BCUT2D eigenvalue weighted by Gasteiger charge is 2.46. The van der Waals surface area contributed by atoms with Crippen molar-refractivity contribution in [3.05, 3.63) is 58.2 Å². The van der Waals surface area contributed by atoms with E-state index in [9.17, 15) is 19.8 Å². The van der Waals surface area contributed by atoms with Gasteiger partial charge >= 0.3 is 11.9 Å². The third-order valence-corrected chi connectivity index (χ3v) is 8.86. The fourth-order valence-corrected chi connectivity index (χ4v) is 6.49. The molecule has 0 aliphatic heterocycles. The van der Waals surface area contributed by atoms with Crippen molar-refractivity contribution in [2.45, 2.75) is 76.3 Å². The number of carbonyl (C=O) groups excluding carboxylic acids is 2. The lowest BCUT2D eigenvalue weighted by Gasteiger charge is -2.46. The number of benzene rings is 1. The van der Waals surface area contributed by atoms with Gasteiger partial charge in [-0.3, -0.25) is 4.79 Å². The average Bonchev–Trinajstić information content (AvgIpc) is 3.58. The van der Waals surface area contributed by atoms with Crippen molar-refractivity contribution < 1.29 is 29.3 Å². The molecule has 1 unspecified atom stereocenters. The maximum Gasteiger partial charge on any atom is 0.337 e. The van der Waals surface area contributed by atoms with Gasteiger partial charge in [0.1, 0.15) is 5.76 Å². The molecule has 6 nitrogen and oxygen atoms in total. The highest BCUT2D eigenvalue weighted by Crippen LogP contribution is 2.54. The van der Waals surface area contributed by atoms with Crippen LogP contribution in [0.25, 0.3) is 0 Å². The van der Waals surface area contributed by atoms with Gasteiger partial charge in [-0.2, -0.15) is 0 Å². The molecule has 3 aliphatic rings. The van der Waals surface area contributed by atoms with Gasteiger partial charge in [-0.05, 0) is 54.7 Å². The molecule has 3 aliphatic carbocycles. The number of aliphatic hydroxyl groups excluding tert-OH is 2. The van der Waals surface area contributed by atoms with Crippen molar-refractivity contribution in [1.82, 2.24) is 0 Å². The van der Waals surface area contributed by atoms with Crippen LogP contribution in [0.4, 0.5) is 0 Å². The van der Waals surface area contributed by atoms with E-state index in [1.165, 1.54) is 45.1 Å². The largest absolute Gasteiger partial charge is 0.465 e. The number of hydrogen-bond donors (Lipinski definition) is 2. The second-order valence-electron chi connectivity index (χ2n) is 10.2. The van der Waals surface area contributed by atoms with Crippen molar-refractivity contribution in [2.75, 3.05) is 7.11 Å². The minimum absolute atomic E-state index is 0.0759. The summed E-state index contributed by atoms with van der Waals surface area (Å²) in [6.45, 7) is 1.37. The third kappa shape index (κ3) is 6.38. The number of methoxy groups -OCH3 is 1. The normalized spacial score (nSPS) is 24.3. The summed E-state index contributed by atoms with van der Waals surface area (Å²) in [4.78, 5) is 24.2. The van der Waals surface area contributed by atoms with Gasteiger partial charge in [0.25, 0.3) is 0 Å². The second kappa shape index (κ2) is 11.3. The third-order valence-electron chi connectivity index (χ3n) is 7.57. The summed E-state index contributed by atoms with van der Waals surface area (Å²) in [6, 6.07) is 7.19. The van der Waals surface area contributed by atoms with Crippen LogP contribution in [0.5, 0.6) is 0 Å². The molecule has 1 aromatic rings. The number of aliphatic hydroxyl groups is 2. The first-order valence-corrected chi connectivity index (χ1v) is 13.5. The fourth-order valence-electron chi connectivity index (χ4n) is 5.26. The first-order valence-electron chi connectivity index (χ1n) is 12.6. The molecule has 0 amide bonds. The van der Waals surface area contributed by atoms with Crippen LogP contribution < -0.4 is 0 Å². The summed E-state index contributed by atoms with van der Waals surface area (Å²) >= 11 is 1.53. The summed E-state index contributed by atoms with van der Waals surface area (Å²) in [5.74, 6) is 0.851. The molecule has 0 bridgehead atoms. The first kappa shape index (κ1) is 26.0. The molecule has 3 atom stereocenters. The average molecular weight is 501 g/mol. The molecule has 4 rings (SSSR count). The predicted octanol–water partition coefficient (Wildman–Crippen LogP) is 5.14. The van der Waals surface area contributed by atoms with Gasteiger partial charge in [0, 0.05) is 29.9 Å². The van der Waals surface area contributed by atoms with Crippen molar-refractivity contribution in [2.24, 2.45) is 17.3 Å². The van der Waals surface area contributed by atoms with Crippen LogP contribution in [0, 0.1) is 17.3 Å². The van der Waals surface area contributed by atoms with E-state index < -0.39 is 12.1 Å². The zero-order valence-electron chi connectivity index (χ0n) is 20.6. The lowest BCUT2D eigenvalue weighted by Crippen LogP contribution is -2.41. The number of carbonyl (C=O) groups is 2. The molecule has 2 N–H and O–H groups in total. The predicted molar refractivity (Wildman–Crippen MR) is 135 cm³/mol. The number of esters is 2. The van der Waals surface area contributed by atoms with Crippen LogP contribution >= 0.6 is 11.8 Å². The van der Waals surface area contributed by atoms with Crippen LogP contribution in [-0.2, 0) is 20.0 Å². The molecule has 0 heterocycles. The molecule has 0 radical (unpaired) electrons. The molecule has 190 valence electrons. The SMILES string of the molecule is COC(=O)c1ccc(CSC2=C(OC(C)=O)C[C@@H](O)[C@@H]2/C=C/CC(O)C2(CC3CC3)CCC2)cc1. The molecular weight excluding hydrogens is 464 g/mol. The Bertz CT molecular complexity index is 974. The van der Waals surface area contributed by atoms with Crippen molar-refractivity contribution in [3.8, 4) is 0 Å². The minimum atomic E-state index is -0.675. The Labute approximate surface area is 211 Å². The number of ether oxygens (including phenoxy) is 2. The maximum absolute atomic E-state index is 11.7. The quantitative estimate of drug-likeness (QED) is 0.321. The van der Waals surface area contributed by atoms with Crippen LogP contribution in [-0.4, -0.2) is 41.5 Å². The highest BCUT2D eigenvalue weighted by molar-refractivity contribution is 8.02. The van der Waals surface area contributed by atoms with Gasteiger partial charge in [-0.15, -0.1) is 11.8 Å². The minimum Gasteiger partial charge on any atom is -0.465 e. The molecular formula is C28H36O6S. The Morgan fingerprint density at radius 2 is 1.94 bits per heavy atom. The Morgan fingerprint density at radius 3 is 2.51 bits per heavy atom. The lowest BCUT2D eigenvalue weighted by atomic mass is 9.61. The summed E-state index contributed by atoms with van der Waals surface area (Å²) in [7, 11) is 1.35. The summed E-state index contributed by atoms with van der Waals surface area (Å²) < 4.78 is 10.2. The maximum atomic E-state index is 11.7. The topological polar surface area (TPSA) is 93.1 Å². The standard InChI is InChI=1S/C28H36O6S/c1-18(29)34-24-15-23(30)22(5-3-6-25(31)28(13-4-14-28)16-19-7-8-19)26(24)35-17-20-9-11-21(12-10-20)27(32)33-2/h3,5,9-12,19,22-23,25,30-31H,4,6-8,13-17H2,1-2H3/b5-3+/t22-,23+,25?/m0/s1. The van der Waals surface area contributed by atoms with Crippen LogP contribution in [0.3, 0.4) is 0 Å². The van der Waals surface area contributed by atoms with E-state index in [0.717, 1.165) is 35.6 Å². The Hall–Kier alpha value is -2.09. The van der Waals surface area contributed by atoms with Gasteiger partial charge < -0.3 is 19.7 Å². The Kier molecular flexibility index (Phi) is 8.40. The van der Waals surface area contributed by atoms with Crippen LogP contribution in [0.15, 0.2) is 47.1 Å². The van der Waals surface area contributed by atoms with E-state index in [0.29, 0.717) is 23.5 Å². The number of rotatable bonds is 11. The molecule has 0 aromatic heterocycles. The highest BCUT2D eigenvalue weighted by atomic mass is 32.2. The van der Waals surface area contributed by atoms with E-state index in [-0.39, 0.29) is 29.8 Å². The fraction of sp³-hybridized carbons (Fsp3) is 0.571. The molecule has 0 spiro atoms. The molecule has 2 saturated carbocycles. The van der Waals surface area contributed by atoms with Gasteiger partial charge in [-0.25, -0.2) is 4.79 Å². The Morgan fingerprint density at radius 1 is 1.23 bits per heavy atom. The van der Waals surface area contributed by atoms with E-state index in [1.54, 1.807) is 12.1 Å². The molecule has 35 heavy (non-hydrogen) atoms. The van der Waals surface area contributed by atoms with Crippen molar-refractivity contribution in [3.63, 3.8) is 0 Å². The van der Waals surface area contributed by atoms with E-state index in [4.69, 9.17) is 9.47 Å². The first-order chi connectivity index (χ1) is 16.8. The number of hydrogen-bond acceptors (Lipinski definition) is 7. The zero-order valence-corrected chi connectivity index (χ0v) is 21.4. The number of thioether (sulfide) groups is 1. The van der Waals surface area contributed by atoms with Crippen molar-refractivity contribution >= 4 is 23.7 Å². The smallest absolute Gasteiger partial charge is 0.337 e. The van der Waals surface area contributed by atoms with Gasteiger partial charge in [-0.1, -0.05) is 43.5 Å². The van der Waals surface area contributed by atoms with E-state index in [2.05, 4.69) is 0 Å². The zero-order chi connectivity index (χ0) is 25.0. The molecule has 2 fully saturated rings. The van der Waals surface area contributed by atoms with E-state index >= 15 is 0 Å². The lowest BCUT2D eigenvalue weighted by molar-refractivity contribution is -0.137. The molecule has 7 heteroatoms. The van der Waals surface area contributed by atoms with E-state index in [1.807, 2.05) is 24.3 Å². The summed E-state index contributed by atoms with van der Waals surface area (Å²) in [5.41, 5.74) is 1.57. The Balaban J connectivity index is 1.42. The van der Waals surface area contributed by atoms with Gasteiger partial charge in [0.2, 0.25) is 0 Å². The van der Waals surface area contributed by atoms with Crippen molar-refractivity contribution in [1.29, 1.82) is 0 Å². The second-order valence-corrected chi connectivity index (χ2v) is 11.2. The molecule has 1 aromatic carbocycles. The van der Waals surface area contributed by atoms with Gasteiger partial charge in [0.15, 0.2) is 0 Å². The summed E-state index contributed by atoms with van der Waals surface area (Å²) in [5, 5.41) is 21.7. The van der Waals surface area contributed by atoms with Crippen LogP contribution in [0.1, 0.15) is 74.2 Å². The monoisotopic (exact) mass is 500 g/mol. The summed E-state index contributed by atoms with van der Waals surface area (Å²) in [6.07, 6.45) is 10.9.